The first kappa shape index (κ1) is 20.8. The number of halogens is 3. The molecule has 0 aliphatic carbocycles. The van der Waals surface area contributed by atoms with E-state index in [1.54, 1.807) is 0 Å². The van der Waals surface area contributed by atoms with Crippen LogP contribution in [0.5, 0.6) is 5.75 Å². The van der Waals surface area contributed by atoms with Gasteiger partial charge in [0.15, 0.2) is 0 Å². The van der Waals surface area contributed by atoms with Gasteiger partial charge in [-0.1, -0.05) is 0 Å². The fourth-order valence-corrected chi connectivity index (χ4v) is 3.71. The van der Waals surface area contributed by atoms with Gasteiger partial charge in [0, 0.05) is 0 Å². The quantitative estimate of drug-likeness (QED) is 0.725. The third-order valence-electron chi connectivity index (χ3n) is 2.37. The topological polar surface area (TPSA) is 9.23 Å². The summed E-state index contributed by atoms with van der Waals surface area (Å²) in [6.07, 6.45) is 0. The van der Waals surface area contributed by atoms with E-state index < -0.39 is 24.7 Å². The van der Waals surface area contributed by atoms with Crippen LogP contribution in [0.1, 0.15) is 26.3 Å². The standard InChI is InChI=1S/C10H14O.C2H7Si.2ClH.FH.Ti/c1-10(2,3)8-5-4-6-9(11)7-8;1-3-2;;;;/h4-7,11H,1-3H3;3H,1-2H3;3*1H;/q;;;;;+2/p-2. The van der Waals surface area contributed by atoms with Crippen LogP contribution in [0.4, 0.5) is 3.09 Å². The zero-order valence-electron chi connectivity index (χ0n) is 11.5. The van der Waals surface area contributed by atoms with Crippen LogP contribution in [0, 0.1) is 0 Å². The van der Waals surface area contributed by atoms with E-state index >= 15 is 0 Å². The Hall–Kier alpha value is 0.461. The normalized spacial score (nSPS) is 10.4. The molecule has 0 radical (unpaired) electrons. The summed E-state index contributed by atoms with van der Waals surface area (Å²) in [5.74, 6) is 0.714. The SMILES string of the molecule is C[SiH](C)[Ti]([F])[O]c1cccc(C(C)(C)C)c1.Cl.Cl. The molecule has 0 fully saturated rings. The van der Waals surface area contributed by atoms with Crippen molar-refractivity contribution in [2.24, 2.45) is 0 Å². The maximum atomic E-state index is 13.6. The van der Waals surface area contributed by atoms with Gasteiger partial charge in [0.2, 0.25) is 0 Å². The van der Waals surface area contributed by atoms with Crippen molar-refractivity contribution in [1.29, 1.82) is 0 Å². The second-order valence-corrected chi connectivity index (χ2v) is 16.2. The molecule has 1 aromatic rings. The second-order valence-electron chi connectivity index (χ2n) is 5.34. The van der Waals surface area contributed by atoms with Crippen molar-refractivity contribution in [2.45, 2.75) is 39.3 Å². The monoisotopic (exact) mass is 347 g/mol. The molecular formula is C12H22Cl2FOSiTi. The van der Waals surface area contributed by atoms with Crippen LogP contribution in [-0.2, 0) is 23.5 Å². The number of hydrogen-bond acceptors (Lipinski definition) is 1. The van der Waals surface area contributed by atoms with Gasteiger partial charge in [-0.15, -0.1) is 24.8 Å². The third-order valence-corrected chi connectivity index (χ3v) is 8.69. The minimum Gasteiger partial charge on any atom is -0.147 e. The van der Waals surface area contributed by atoms with Crippen LogP contribution in [0.2, 0.25) is 13.1 Å². The molecule has 1 rings (SSSR count). The van der Waals surface area contributed by atoms with Crippen molar-refractivity contribution in [3.63, 3.8) is 0 Å². The summed E-state index contributed by atoms with van der Waals surface area (Å²) in [7, 11) is 0. The molecule has 1 aromatic carbocycles. The first-order valence-corrected chi connectivity index (χ1v) is 12.4. The molecule has 0 aliphatic rings. The van der Waals surface area contributed by atoms with Gasteiger partial charge in [0.05, 0.1) is 0 Å². The van der Waals surface area contributed by atoms with E-state index in [-0.39, 0.29) is 30.2 Å². The summed E-state index contributed by atoms with van der Waals surface area (Å²) in [5, 5.41) is 0. The zero-order chi connectivity index (χ0) is 12.3. The first-order valence-electron chi connectivity index (χ1n) is 5.61. The molecular weight excluding hydrogens is 326 g/mol. The Morgan fingerprint density at radius 2 is 1.72 bits per heavy atom. The molecule has 0 N–H and O–H groups in total. The van der Waals surface area contributed by atoms with Crippen molar-refractivity contribution in [1.82, 2.24) is 0 Å². The summed E-state index contributed by atoms with van der Waals surface area (Å²) in [5.41, 5.74) is 1.28. The minimum absolute atomic E-state index is 0. The molecule has 0 saturated heterocycles. The summed E-state index contributed by atoms with van der Waals surface area (Å²) in [6, 6.07) is 7.85. The minimum atomic E-state index is -2.71. The first-order chi connectivity index (χ1) is 7.30. The Labute approximate surface area is 130 Å². The maximum Gasteiger partial charge on any atom is -0.147 e. The Bertz CT molecular complexity index is 358. The van der Waals surface area contributed by atoms with Gasteiger partial charge in [-0.25, -0.2) is 0 Å². The fraction of sp³-hybridized carbons (Fsp3) is 0.500. The fourth-order valence-electron chi connectivity index (χ4n) is 1.26. The van der Waals surface area contributed by atoms with Crippen LogP contribution >= 0.6 is 24.8 Å². The van der Waals surface area contributed by atoms with Crippen LogP contribution in [0.25, 0.3) is 0 Å². The summed E-state index contributed by atoms with van der Waals surface area (Å²) in [4.78, 5) is 0. The molecule has 0 heterocycles. The number of rotatable bonds is 3. The Morgan fingerprint density at radius 1 is 1.17 bits per heavy atom. The van der Waals surface area contributed by atoms with Crippen molar-refractivity contribution in [3.8, 4) is 5.75 Å². The molecule has 6 heteroatoms. The Kier molecular flexibility index (Phi) is 9.92. The predicted molar refractivity (Wildman–Crippen MR) is 80.3 cm³/mol. The van der Waals surface area contributed by atoms with Crippen LogP contribution in [-0.4, -0.2) is 6.66 Å². The van der Waals surface area contributed by atoms with Crippen molar-refractivity contribution in [3.05, 3.63) is 29.8 Å². The summed E-state index contributed by atoms with van der Waals surface area (Å²) < 4.78 is 19.1. The van der Waals surface area contributed by atoms with Gasteiger partial charge >= 0.3 is 106 Å². The molecule has 0 unspecified atom stereocenters. The molecule has 18 heavy (non-hydrogen) atoms. The summed E-state index contributed by atoms with van der Waals surface area (Å²) in [6.45, 7) is 9.27. The van der Waals surface area contributed by atoms with E-state index in [4.69, 9.17) is 3.32 Å². The molecule has 0 saturated carbocycles. The van der Waals surface area contributed by atoms with Gasteiger partial charge in [0.25, 0.3) is 0 Å². The summed E-state index contributed by atoms with van der Waals surface area (Å²) >= 11 is -2.71. The van der Waals surface area contributed by atoms with Crippen molar-refractivity contribution < 1.29 is 24.5 Å². The van der Waals surface area contributed by atoms with Gasteiger partial charge in [-0.2, -0.15) is 0 Å². The molecule has 0 spiro atoms. The Morgan fingerprint density at radius 3 is 2.17 bits per heavy atom. The molecule has 0 aromatic heterocycles. The van der Waals surface area contributed by atoms with Gasteiger partial charge in [-0.3, -0.25) is 0 Å². The van der Waals surface area contributed by atoms with Crippen LogP contribution in [0.15, 0.2) is 24.3 Å². The number of benzene rings is 1. The molecule has 0 aliphatic heterocycles. The smallest absolute Gasteiger partial charge is 0.147 e. The maximum absolute atomic E-state index is 13.6. The molecule has 0 atom stereocenters. The van der Waals surface area contributed by atoms with E-state index in [2.05, 4.69) is 26.8 Å². The van der Waals surface area contributed by atoms with Crippen molar-refractivity contribution >= 4 is 31.5 Å². The van der Waals surface area contributed by atoms with Crippen LogP contribution in [0.3, 0.4) is 0 Å². The third kappa shape index (κ3) is 6.58. The molecule has 1 nitrogen and oxygen atoms in total. The Balaban J connectivity index is 0. The molecule has 0 amide bonds. The molecule has 105 valence electrons. The van der Waals surface area contributed by atoms with E-state index in [0.29, 0.717) is 5.75 Å². The zero-order valence-corrected chi connectivity index (χ0v) is 15.8. The van der Waals surface area contributed by atoms with E-state index in [1.807, 2.05) is 31.3 Å². The average molecular weight is 348 g/mol. The van der Waals surface area contributed by atoms with Gasteiger partial charge in [-0.05, 0) is 0 Å². The molecule has 0 bridgehead atoms. The van der Waals surface area contributed by atoms with Gasteiger partial charge < -0.3 is 0 Å². The van der Waals surface area contributed by atoms with E-state index in [1.165, 1.54) is 5.56 Å². The van der Waals surface area contributed by atoms with Crippen molar-refractivity contribution in [2.75, 3.05) is 0 Å². The second kappa shape index (κ2) is 8.60. The van der Waals surface area contributed by atoms with E-state index in [9.17, 15) is 3.09 Å². The van der Waals surface area contributed by atoms with Crippen LogP contribution < -0.4 is 3.32 Å². The number of hydrogen-bond donors (Lipinski definition) is 0. The largest absolute Gasteiger partial charge is 0.147 e. The van der Waals surface area contributed by atoms with E-state index in [0.717, 1.165) is 0 Å². The average Bonchev–Trinajstić information content (AvgIpc) is 2.16. The predicted octanol–water partition coefficient (Wildman–Crippen LogP) is 4.61. The van der Waals surface area contributed by atoms with Gasteiger partial charge in [0.1, 0.15) is 0 Å².